The highest BCUT2D eigenvalue weighted by molar-refractivity contribution is 9.10. The topological polar surface area (TPSA) is 49.4 Å². The van der Waals surface area contributed by atoms with Gasteiger partial charge in [0.15, 0.2) is 0 Å². The molecule has 0 saturated carbocycles. The summed E-state index contributed by atoms with van der Waals surface area (Å²) >= 11 is 5.05. The number of nitrogens with zero attached hydrogens (tertiary/aromatic N) is 1. The fourth-order valence-electron chi connectivity index (χ4n) is 2.84. The highest BCUT2D eigenvalue weighted by atomic mass is 79.9. The first-order valence-electron chi connectivity index (χ1n) is 9.36. The Morgan fingerprint density at radius 3 is 2.61 bits per heavy atom. The van der Waals surface area contributed by atoms with Gasteiger partial charge in [-0.15, -0.1) is 11.8 Å². The third kappa shape index (κ3) is 6.67. The van der Waals surface area contributed by atoms with Crippen LogP contribution in [0.2, 0.25) is 0 Å². The molecule has 0 heterocycles. The fraction of sp³-hybridized carbons (Fsp3) is 0.364. The molecule has 1 N–H and O–H groups in total. The summed E-state index contributed by atoms with van der Waals surface area (Å²) in [5, 5.41) is 2.82. The number of amides is 2. The van der Waals surface area contributed by atoms with Crippen LogP contribution >= 0.6 is 27.7 Å². The van der Waals surface area contributed by atoms with Crippen LogP contribution in [-0.4, -0.2) is 35.1 Å². The van der Waals surface area contributed by atoms with E-state index >= 15 is 0 Å². The molecule has 0 spiro atoms. The predicted octanol–water partition coefficient (Wildman–Crippen LogP) is 4.54. The number of thioether (sulfide) groups is 1. The molecule has 0 aliphatic carbocycles. The molecular formula is C22H27BrN2O2S. The minimum absolute atomic E-state index is 0.0303. The summed E-state index contributed by atoms with van der Waals surface area (Å²) in [6, 6.07) is 15.5. The molecule has 0 aliphatic rings. The lowest BCUT2D eigenvalue weighted by atomic mass is 10.1. The zero-order valence-electron chi connectivity index (χ0n) is 16.6. The van der Waals surface area contributed by atoms with Crippen LogP contribution in [0.15, 0.2) is 53.0 Å². The Morgan fingerprint density at radius 1 is 1.18 bits per heavy atom. The van der Waals surface area contributed by atoms with Gasteiger partial charge in [-0.3, -0.25) is 9.59 Å². The Kier molecular flexibility index (Phi) is 9.06. The third-order valence-corrected chi connectivity index (χ3v) is 5.96. The Bertz CT molecular complexity index is 813. The summed E-state index contributed by atoms with van der Waals surface area (Å²) < 4.78 is 0.956. The van der Waals surface area contributed by atoms with E-state index in [2.05, 4.69) is 40.3 Å². The largest absolute Gasteiger partial charge is 0.355 e. The maximum atomic E-state index is 13.0. The molecule has 0 radical (unpaired) electrons. The van der Waals surface area contributed by atoms with Crippen molar-refractivity contribution in [3.8, 4) is 0 Å². The van der Waals surface area contributed by atoms with E-state index in [1.165, 1.54) is 11.1 Å². The van der Waals surface area contributed by atoms with Crippen LogP contribution in [0.4, 0.5) is 0 Å². The molecule has 2 aromatic carbocycles. The molecule has 2 rings (SSSR count). The number of nitrogens with one attached hydrogen (secondary N) is 1. The summed E-state index contributed by atoms with van der Waals surface area (Å²) in [5.74, 6) is 0.956. The quantitative estimate of drug-likeness (QED) is 0.594. The normalized spacial score (nSPS) is 11.7. The molecule has 0 saturated heterocycles. The zero-order valence-corrected chi connectivity index (χ0v) is 19.0. The van der Waals surface area contributed by atoms with Crippen molar-refractivity contribution in [2.24, 2.45) is 0 Å². The lowest BCUT2D eigenvalue weighted by molar-refractivity contribution is -0.138. The van der Waals surface area contributed by atoms with Crippen LogP contribution in [0.5, 0.6) is 0 Å². The molecule has 2 aromatic rings. The van der Waals surface area contributed by atoms with E-state index in [0.717, 1.165) is 15.8 Å². The average molecular weight is 463 g/mol. The number of halogens is 1. The molecule has 0 unspecified atom stereocenters. The van der Waals surface area contributed by atoms with E-state index in [4.69, 9.17) is 0 Å². The number of aryl methyl sites for hydroxylation is 1. The number of carbonyl (C=O) groups excluding carboxylic acids is 2. The first-order chi connectivity index (χ1) is 13.4. The molecule has 150 valence electrons. The van der Waals surface area contributed by atoms with Gasteiger partial charge in [-0.1, -0.05) is 52.3 Å². The van der Waals surface area contributed by atoms with E-state index in [9.17, 15) is 9.59 Å². The number of rotatable bonds is 9. The molecule has 4 nitrogen and oxygen atoms in total. The standard InChI is InChI=1S/C22H27BrN2O2S/c1-4-24-22(27)17(3)25(13-18-9-7-11-20(23)12-18)21(26)15-28-14-19-10-6-5-8-16(19)2/h5-12,17H,4,13-15H2,1-3H3,(H,24,27)/t17-/m0/s1. The molecule has 0 fully saturated rings. The summed E-state index contributed by atoms with van der Waals surface area (Å²) in [6.07, 6.45) is 0. The predicted molar refractivity (Wildman–Crippen MR) is 120 cm³/mol. The number of hydrogen-bond acceptors (Lipinski definition) is 3. The molecular weight excluding hydrogens is 436 g/mol. The van der Waals surface area contributed by atoms with Crippen molar-refractivity contribution in [3.63, 3.8) is 0 Å². The van der Waals surface area contributed by atoms with Crippen molar-refractivity contribution in [1.82, 2.24) is 10.2 Å². The Balaban J connectivity index is 2.07. The van der Waals surface area contributed by atoms with Crippen molar-refractivity contribution < 1.29 is 9.59 Å². The van der Waals surface area contributed by atoms with E-state index in [1.807, 2.05) is 43.3 Å². The molecule has 28 heavy (non-hydrogen) atoms. The van der Waals surface area contributed by atoms with Crippen LogP contribution in [0, 0.1) is 6.92 Å². The van der Waals surface area contributed by atoms with Gasteiger partial charge >= 0.3 is 0 Å². The van der Waals surface area contributed by atoms with Crippen LogP contribution in [0.3, 0.4) is 0 Å². The van der Waals surface area contributed by atoms with Gasteiger partial charge in [-0.2, -0.15) is 0 Å². The van der Waals surface area contributed by atoms with Gasteiger partial charge in [-0.05, 0) is 49.6 Å². The zero-order chi connectivity index (χ0) is 20.5. The molecule has 0 bridgehead atoms. The maximum absolute atomic E-state index is 13.0. The van der Waals surface area contributed by atoms with Gasteiger partial charge in [0.05, 0.1) is 5.75 Å². The lowest BCUT2D eigenvalue weighted by Gasteiger charge is -2.28. The van der Waals surface area contributed by atoms with Crippen LogP contribution in [0.25, 0.3) is 0 Å². The SMILES string of the molecule is CCNC(=O)[C@H](C)N(Cc1cccc(Br)c1)C(=O)CSCc1ccccc1C. The van der Waals surface area contributed by atoms with Crippen molar-refractivity contribution in [2.45, 2.75) is 39.1 Å². The summed E-state index contributed by atoms with van der Waals surface area (Å²) in [6.45, 7) is 6.69. The van der Waals surface area contributed by atoms with Crippen LogP contribution < -0.4 is 5.32 Å². The van der Waals surface area contributed by atoms with E-state index < -0.39 is 6.04 Å². The molecule has 2 amide bonds. The summed E-state index contributed by atoms with van der Waals surface area (Å²) in [4.78, 5) is 27.0. The van der Waals surface area contributed by atoms with Gasteiger partial charge in [-0.25, -0.2) is 0 Å². The third-order valence-electron chi connectivity index (χ3n) is 4.50. The average Bonchev–Trinajstić information content (AvgIpc) is 2.67. The highest BCUT2D eigenvalue weighted by Gasteiger charge is 2.25. The van der Waals surface area contributed by atoms with Gasteiger partial charge in [0.25, 0.3) is 0 Å². The molecule has 0 aliphatic heterocycles. The summed E-state index contributed by atoms with van der Waals surface area (Å²) in [7, 11) is 0. The van der Waals surface area contributed by atoms with Crippen molar-refractivity contribution in [2.75, 3.05) is 12.3 Å². The minimum atomic E-state index is -0.523. The van der Waals surface area contributed by atoms with Crippen molar-refractivity contribution >= 4 is 39.5 Å². The Morgan fingerprint density at radius 2 is 1.93 bits per heavy atom. The van der Waals surface area contributed by atoms with Gasteiger partial charge < -0.3 is 10.2 Å². The Hall–Kier alpha value is -1.79. The van der Waals surface area contributed by atoms with Crippen molar-refractivity contribution in [1.29, 1.82) is 0 Å². The fourth-order valence-corrected chi connectivity index (χ4v) is 4.27. The second kappa shape index (κ2) is 11.3. The second-order valence-electron chi connectivity index (χ2n) is 6.64. The smallest absolute Gasteiger partial charge is 0.242 e. The van der Waals surface area contributed by atoms with E-state index in [1.54, 1.807) is 23.6 Å². The number of carbonyl (C=O) groups is 2. The molecule has 0 aromatic heterocycles. The summed E-state index contributed by atoms with van der Waals surface area (Å²) in [5.41, 5.74) is 3.45. The minimum Gasteiger partial charge on any atom is -0.355 e. The van der Waals surface area contributed by atoms with Crippen LogP contribution in [0.1, 0.15) is 30.5 Å². The van der Waals surface area contributed by atoms with Gasteiger partial charge in [0, 0.05) is 23.3 Å². The molecule has 6 heteroatoms. The van der Waals surface area contributed by atoms with Gasteiger partial charge in [0.1, 0.15) is 6.04 Å². The maximum Gasteiger partial charge on any atom is 0.242 e. The van der Waals surface area contributed by atoms with Gasteiger partial charge in [0.2, 0.25) is 11.8 Å². The lowest BCUT2D eigenvalue weighted by Crippen LogP contribution is -2.48. The monoisotopic (exact) mass is 462 g/mol. The second-order valence-corrected chi connectivity index (χ2v) is 8.54. The number of hydrogen-bond donors (Lipinski definition) is 1. The number of benzene rings is 2. The van der Waals surface area contributed by atoms with Crippen molar-refractivity contribution in [3.05, 3.63) is 69.7 Å². The van der Waals surface area contributed by atoms with Crippen LogP contribution in [-0.2, 0) is 21.9 Å². The molecule has 1 atom stereocenters. The van der Waals surface area contributed by atoms with E-state index in [-0.39, 0.29) is 11.8 Å². The number of likely N-dealkylation sites (N-methyl/N-ethyl adjacent to an activating group) is 1. The van der Waals surface area contributed by atoms with E-state index in [0.29, 0.717) is 18.8 Å². The first-order valence-corrected chi connectivity index (χ1v) is 11.3. The Labute approximate surface area is 180 Å². The first kappa shape index (κ1) is 22.5. The highest BCUT2D eigenvalue weighted by Crippen LogP contribution is 2.19.